The molecule has 4 nitrogen and oxygen atoms in total. The van der Waals surface area contributed by atoms with Gasteiger partial charge < -0.3 is 10.2 Å². The Kier molecular flexibility index (Phi) is 7.05. The lowest BCUT2D eigenvalue weighted by Gasteiger charge is -2.25. The Bertz CT molecular complexity index is 416. The standard InChI is InChI=1S/C16H27N3O/c1-5-13(6-2)12-19(8-4)16(20)14-9-10-18-15(11-14)17-7-3/h9-11,13H,5-8,12H2,1-4H3,(H,17,18). The number of carbonyl (C=O) groups excluding carboxylic acids is 1. The molecule has 0 bridgehead atoms. The van der Waals surface area contributed by atoms with E-state index in [1.165, 1.54) is 0 Å². The van der Waals surface area contributed by atoms with Crippen molar-refractivity contribution in [3.05, 3.63) is 23.9 Å². The number of nitrogens with one attached hydrogen (secondary N) is 1. The number of anilines is 1. The fraction of sp³-hybridized carbons (Fsp3) is 0.625. The van der Waals surface area contributed by atoms with E-state index in [-0.39, 0.29) is 5.91 Å². The van der Waals surface area contributed by atoms with Crippen molar-refractivity contribution in [2.75, 3.05) is 25.0 Å². The van der Waals surface area contributed by atoms with E-state index in [0.717, 1.165) is 38.3 Å². The SMILES string of the molecule is CCNc1cc(C(=O)N(CC)CC(CC)CC)ccn1. The molecule has 0 saturated heterocycles. The van der Waals surface area contributed by atoms with Crippen molar-refractivity contribution in [2.45, 2.75) is 40.5 Å². The molecule has 0 radical (unpaired) electrons. The van der Waals surface area contributed by atoms with E-state index in [4.69, 9.17) is 0 Å². The van der Waals surface area contributed by atoms with Gasteiger partial charge in [0.15, 0.2) is 0 Å². The zero-order chi connectivity index (χ0) is 15.0. The van der Waals surface area contributed by atoms with Gasteiger partial charge in [-0.15, -0.1) is 0 Å². The maximum absolute atomic E-state index is 12.6. The third kappa shape index (κ3) is 4.51. The maximum Gasteiger partial charge on any atom is 0.254 e. The normalized spacial score (nSPS) is 10.7. The van der Waals surface area contributed by atoms with Crippen molar-refractivity contribution in [2.24, 2.45) is 5.92 Å². The van der Waals surface area contributed by atoms with E-state index in [1.54, 1.807) is 12.3 Å². The number of amides is 1. The van der Waals surface area contributed by atoms with Crippen LogP contribution in [0, 0.1) is 5.92 Å². The minimum absolute atomic E-state index is 0.0981. The van der Waals surface area contributed by atoms with Crippen molar-refractivity contribution < 1.29 is 4.79 Å². The molecule has 0 aromatic carbocycles. The molecule has 112 valence electrons. The van der Waals surface area contributed by atoms with Crippen LogP contribution in [0.5, 0.6) is 0 Å². The van der Waals surface area contributed by atoms with Gasteiger partial charge in [0.1, 0.15) is 5.82 Å². The van der Waals surface area contributed by atoms with Gasteiger partial charge in [-0.1, -0.05) is 26.7 Å². The van der Waals surface area contributed by atoms with Gasteiger partial charge in [0, 0.05) is 31.4 Å². The summed E-state index contributed by atoms with van der Waals surface area (Å²) >= 11 is 0. The Morgan fingerprint density at radius 2 is 2.00 bits per heavy atom. The molecule has 1 aromatic heterocycles. The first-order chi connectivity index (χ1) is 9.65. The molecule has 4 heteroatoms. The molecule has 1 rings (SSSR count). The van der Waals surface area contributed by atoms with Gasteiger partial charge in [-0.3, -0.25) is 4.79 Å². The Morgan fingerprint density at radius 1 is 1.30 bits per heavy atom. The lowest BCUT2D eigenvalue weighted by molar-refractivity contribution is 0.0735. The molecular weight excluding hydrogens is 250 g/mol. The molecule has 0 unspecified atom stereocenters. The monoisotopic (exact) mass is 277 g/mol. The predicted octanol–water partition coefficient (Wildman–Crippen LogP) is 3.41. The highest BCUT2D eigenvalue weighted by molar-refractivity contribution is 5.94. The highest BCUT2D eigenvalue weighted by Crippen LogP contribution is 2.14. The number of pyridine rings is 1. The molecule has 1 amide bonds. The van der Waals surface area contributed by atoms with E-state index in [9.17, 15) is 4.79 Å². The predicted molar refractivity (Wildman–Crippen MR) is 84.1 cm³/mol. The van der Waals surface area contributed by atoms with Crippen LogP contribution in [-0.2, 0) is 0 Å². The van der Waals surface area contributed by atoms with Gasteiger partial charge in [-0.05, 0) is 31.9 Å². The summed E-state index contributed by atoms with van der Waals surface area (Å²) in [6, 6.07) is 3.63. The molecule has 1 heterocycles. The van der Waals surface area contributed by atoms with Gasteiger partial charge in [-0.25, -0.2) is 4.98 Å². The summed E-state index contributed by atoms with van der Waals surface area (Å²) in [6.45, 7) is 10.8. The maximum atomic E-state index is 12.6. The molecule has 20 heavy (non-hydrogen) atoms. The number of aromatic nitrogens is 1. The van der Waals surface area contributed by atoms with Crippen molar-refractivity contribution in [3.8, 4) is 0 Å². The lowest BCUT2D eigenvalue weighted by Crippen LogP contribution is -2.35. The Morgan fingerprint density at radius 3 is 2.55 bits per heavy atom. The van der Waals surface area contributed by atoms with Crippen molar-refractivity contribution >= 4 is 11.7 Å². The molecule has 0 aliphatic rings. The van der Waals surface area contributed by atoms with E-state index in [1.807, 2.05) is 24.8 Å². The van der Waals surface area contributed by atoms with Crippen molar-refractivity contribution in [1.82, 2.24) is 9.88 Å². The van der Waals surface area contributed by atoms with Gasteiger partial charge in [0.05, 0.1) is 0 Å². The van der Waals surface area contributed by atoms with E-state index in [2.05, 4.69) is 24.1 Å². The van der Waals surface area contributed by atoms with Crippen LogP contribution in [0.4, 0.5) is 5.82 Å². The first-order valence-corrected chi connectivity index (χ1v) is 7.65. The minimum atomic E-state index is 0.0981. The van der Waals surface area contributed by atoms with Gasteiger partial charge in [-0.2, -0.15) is 0 Å². The number of carbonyl (C=O) groups is 1. The summed E-state index contributed by atoms with van der Waals surface area (Å²) < 4.78 is 0. The second-order valence-corrected chi connectivity index (χ2v) is 4.99. The Hall–Kier alpha value is -1.58. The summed E-state index contributed by atoms with van der Waals surface area (Å²) in [4.78, 5) is 18.7. The highest BCUT2D eigenvalue weighted by atomic mass is 16.2. The molecule has 0 spiro atoms. The third-order valence-electron chi connectivity index (χ3n) is 3.67. The average molecular weight is 277 g/mol. The summed E-state index contributed by atoms with van der Waals surface area (Å²) in [7, 11) is 0. The van der Waals surface area contributed by atoms with Gasteiger partial charge in [0.2, 0.25) is 0 Å². The minimum Gasteiger partial charge on any atom is -0.370 e. The number of nitrogens with zero attached hydrogens (tertiary/aromatic N) is 2. The van der Waals surface area contributed by atoms with Crippen LogP contribution in [0.25, 0.3) is 0 Å². The Labute approximate surface area is 122 Å². The largest absolute Gasteiger partial charge is 0.370 e. The van der Waals surface area contributed by atoms with Crippen LogP contribution in [0.2, 0.25) is 0 Å². The fourth-order valence-electron chi connectivity index (χ4n) is 2.24. The highest BCUT2D eigenvalue weighted by Gasteiger charge is 2.17. The van der Waals surface area contributed by atoms with Crippen LogP contribution in [-0.4, -0.2) is 35.4 Å². The first-order valence-electron chi connectivity index (χ1n) is 7.65. The second kappa shape index (κ2) is 8.56. The zero-order valence-corrected chi connectivity index (χ0v) is 13.1. The number of hydrogen-bond donors (Lipinski definition) is 1. The average Bonchev–Trinajstić information content (AvgIpc) is 2.49. The quantitative estimate of drug-likeness (QED) is 0.792. The fourth-order valence-corrected chi connectivity index (χ4v) is 2.24. The summed E-state index contributed by atoms with van der Waals surface area (Å²) in [5.41, 5.74) is 0.712. The zero-order valence-electron chi connectivity index (χ0n) is 13.1. The van der Waals surface area contributed by atoms with Crippen LogP contribution in [0.1, 0.15) is 50.9 Å². The molecule has 0 aliphatic heterocycles. The topological polar surface area (TPSA) is 45.2 Å². The lowest BCUT2D eigenvalue weighted by atomic mass is 10.0. The van der Waals surface area contributed by atoms with Crippen LogP contribution in [0.3, 0.4) is 0 Å². The molecule has 1 aromatic rings. The van der Waals surface area contributed by atoms with Crippen LogP contribution in [0.15, 0.2) is 18.3 Å². The summed E-state index contributed by atoms with van der Waals surface area (Å²) in [6.07, 6.45) is 3.91. The summed E-state index contributed by atoms with van der Waals surface area (Å²) in [5.74, 6) is 1.44. The molecule has 1 N–H and O–H groups in total. The van der Waals surface area contributed by atoms with Crippen LogP contribution < -0.4 is 5.32 Å². The number of hydrogen-bond acceptors (Lipinski definition) is 3. The van der Waals surface area contributed by atoms with Crippen LogP contribution >= 0.6 is 0 Å². The van der Waals surface area contributed by atoms with Gasteiger partial charge in [0.25, 0.3) is 5.91 Å². The van der Waals surface area contributed by atoms with E-state index >= 15 is 0 Å². The van der Waals surface area contributed by atoms with Gasteiger partial charge >= 0.3 is 0 Å². The van der Waals surface area contributed by atoms with E-state index in [0.29, 0.717) is 11.5 Å². The Balaban J connectivity index is 2.82. The summed E-state index contributed by atoms with van der Waals surface area (Å²) in [5, 5.41) is 3.14. The number of rotatable bonds is 8. The molecule has 0 aliphatic carbocycles. The van der Waals surface area contributed by atoms with Crippen molar-refractivity contribution in [3.63, 3.8) is 0 Å². The molecular formula is C16H27N3O. The van der Waals surface area contributed by atoms with Crippen molar-refractivity contribution in [1.29, 1.82) is 0 Å². The first kappa shape index (κ1) is 16.5. The smallest absolute Gasteiger partial charge is 0.254 e. The van der Waals surface area contributed by atoms with E-state index < -0.39 is 0 Å². The second-order valence-electron chi connectivity index (χ2n) is 4.99. The molecule has 0 fully saturated rings. The molecule has 0 atom stereocenters. The molecule has 0 saturated carbocycles. The third-order valence-corrected chi connectivity index (χ3v) is 3.67.